The van der Waals surface area contributed by atoms with Crippen LogP contribution >= 0.6 is 0 Å². The first-order chi connectivity index (χ1) is 19.5. The van der Waals surface area contributed by atoms with Crippen molar-refractivity contribution in [1.82, 2.24) is 0 Å². The van der Waals surface area contributed by atoms with E-state index in [0.29, 0.717) is 6.42 Å². The summed E-state index contributed by atoms with van der Waals surface area (Å²) >= 11 is 0. The molecule has 0 amide bonds. The summed E-state index contributed by atoms with van der Waals surface area (Å²) in [5.41, 5.74) is 0. The second-order valence-corrected chi connectivity index (χ2v) is 11.8. The van der Waals surface area contributed by atoms with Gasteiger partial charge in [0.1, 0.15) is 0 Å². The van der Waals surface area contributed by atoms with Gasteiger partial charge >= 0.3 is 57.4 Å². The summed E-state index contributed by atoms with van der Waals surface area (Å²) in [6.07, 6.45) is 41.1. The van der Waals surface area contributed by atoms with E-state index < -0.39 is 11.9 Å². The van der Waals surface area contributed by atoms with Crippen molar-refractivity contribution in [1.29, 1.82) is 0 Å². The van der Waals surface area contributed by atoms with E-state index in [2.05, 4.69) is 26.0 Å². The van der Waals surface area contributed by atoms with Gasteiger partial charge in [0.05, 0.1) is 0 Å². The number of rotatable bonds is 31. The van der Waals surface area contributed by atoms with Crippen LogP contribution in [0, 0.1) is 0 Å². The molecule has 0 atom stereocenters. The predicted molar refractivity (Wildman–Crippen MR) is 172 cm³/mol. The van der Waals surface area contributed by atoms with Gasteiger partial charge in [-0.25, -0.2) is 0 Å². The monoisotopic (exact) mass is 604 g/mol. The van der Waals surface area contributed by atoms with Crippen LogP contribution < -0.4 is 56.5 Å². The van der Waals surface area contributed by atoms with E-state index in [-0.39, 0.29) is 57.8 Å². The maximum absolute atomic E-state index is 10.3. The Balaban J connectivity index is -0.000000688. The average molecular weight is 605 g/mol. The Labute approximate surface area is 299 Å². The SMILES string of the molecule is CCCCCCCC/C=C\CCCCCCCC(=O)[O-].CCCCCCCCCCCCCCCCCC(=O)O.[K+]. The van der Waals surface area contributed by atoms with Crippen molar-refractivity contribution in [3.8, 4) is 0 Å². The molecule has 0 saturated carbocycles. The molecule has 0 aliphatic carbocycles. The smallest absolute Gasteiger partial charge is 0.550 e. The fraction of sp³-hybridized carbons (Fsp3) is 0.889. The summed E-state index contributed by atoms with van der Waals surface area (Å²) in [5.74, 6) is -1.57. The fourth-order valence-electron chi connectivity index (χ4n) is 4.99. The average Bonchev–Trinajstić information content (AvgIpc) is 2.93. The number of aliphatic carboxylic acids is 2. The van der Waals surface area contributed by atoms with Gasteiger partial charge < -0.3 is 15.0 Å². The van der Waals surface area contributed by atoms with Crippen molar-refractivity contribution < 1.29 is 71.2 Å². The fourth-order valence-corrected chi connectivity index (χ4v) is 4.99. The Morgan fingerprint density at radius 1 is 0.463 bits per heavy atom. The van der Waals surface area contributed by atoms with E-state index in [0.717, 1.165) is 32.1 Å². The minimum absolute atomic E-state index is 0. The molecule has 238 valence electrons. The van der Waals surface area contributed by atoms with Crippen LogP contribution in [0.15, 0.2) is 12.2 Å². The first-order valence-corrected chi connectivity index (χ1v) is 17.6. The molecule has 4 nitrogen and oxygen atoms in total. The standard InChI is InChI=1S/C18H36O2.C18H34O2.K/c2*1-2-3-4-5-6-7-8-9-10-11-12-13-14-15-16-17-18(19)20;/h2-17H2,1H3,(H,19,20);9-10H,2-8,11-17H2,1H3,(H,19,20);/q;;+1/p-1/b;10-9-;. The number of allylic oxidation sites excluding steroid dienone is 2. The largest absolute Gasteiger partial charge is 1.00 e. The number of carboxylic acid groups (broad SMARTS) is 2. The zero-order valence-electron chi connectivity index (χ0n) is 28.0. The zero-order chi connectivity index (χ0) is 29.8. The summed E-state index contributed by atoms with van der Waals surface area (Å²) in [5, 5.41) is 18.7. The van der Waals surface area contributed by atoms with Crippen molar-refractivity contribution in [3.05, 3.63) is 12.2 Å². The molecule has 0 aromatic rings. The summed E-state index contributed by atoms with van der Waals surface area (Å²) < 4.78 is 0. The summed E-state index contributed by atoms with van der Waals surface area (Å²) in [4.78, 5) is 20.5. The minimum Gasteiger partial charge on any atom is -0.550 e. The third kappa shape index (κ3) is 50.3. The van der Waals surface area contributed by atoms with Gasteiger partial charge in [-0.15, -0.1) is 0 Å². The summed E-state index contributed by atoms with van der Waals surface area (Å²) in [7, 11) is 0. The Bertz CT molecular complexity index is 536. The third-order valence-corrected chi connectivity index (χ3v) is 7.64. The number of unbranched alkanes of at least 4 members (excludes halogenated alkanes) is 25. The van der Waals surface area contributed by atoms with Gasteiger partial charge in [0.25, 0.3) is 0 Å². The molecule has 0 bridgehead atoms. The zero-order valence-corrected chi connectivity index (χ0v) is 31.2. The van der Waals surface area contributed by atoms with Crippen molar-refractivity contribution in [2.24, 2.45) is 0 Å². The number of carbonyl (C=O) groups is 2. The van der Waals surface area contributed by atoms with Gasteiger partial charge in [-0.2, -0.15) is 0 Å². The summed E-state index contributed by atoms with van der Waals surface area (Å²) in [6.45, 7) is 4.53. The molecule has 0 rings (SSSR count). The molecule has 0 aliphatic heterocycles. The molecule has 0 spiro atoms. The number of carboxylic acids is 2. The van der Waals surface area contributed by atoms with E-state index >= 15 is 0 Å². The maximum atomic E-state index is 10.3. The molecule has 0 aliphatic rings. The minimum atomic E-state index is -0.914. The Morgan fingerprint density at radius 2 is 0.732 bits per heavy atom. The van der Waals surface area contributed by atoms with Crippen LogP contribution in [0.25, 0.3) is 0 Å². The first kappa shape index (κ1) is 45.7. The van der Waals surface area contributed by atoms with Gasteiger partial charge in [-0.05, 0) is 44.9 Å². The second-order valence-electron chi connectivity index (χ2n) is 11.8. The van der Waals surface area contributed by atoms with Crippen LogP contribution in [-0.2, 0) is 9.59 Å². The van der Waals surface area contributed by atoms with Crippen LogP contribution in [0.1, 0.15) is 206 Å². The van der Waals surface area contributed by atoms with Gasteiger partial charge in [0.15, 0.2) is 0 Å². The van der Waals surface area contributed by atoms with Crippen LogP contribution in [0.2, 0.25) is 0 Å². The van der Waals surface area contributed by atoms with Crippen molar-refractivity contribution in [2.45, 2.75) is 206 Å². The summed E-state index contributed by atoms with van der Waals surface area (Å²) in [6, 6.07) is 0. The van der Waals surface area contributed by atoms with Gasteiger partial charge in [-0.1, -0.05) is 167 Å². The van der Waals surface area contributed by atoms with Gasteiger partial charge in [0, 0.05) is 12.4 Å². The molecule has 5 heteroatoms. The topological polar surface area (TPSA) is 77.4 Å². The van der Waals surface area contributed by atoms with Crippen LogP contribution in [0.5, 0.6) is 0 Å². The first-order valence-electron chi connectivity index (χ1n) is 17.6. The van der Waals surface area contributed by atoms with E-state index in [4.69, 9.17) is 5.11 Å². The van der Waals surface area contributed by atoms with Crippen molar-refractivity contribution >= 4 is 11.9 Å². The molecular formula is C36H69KO4. The van der Waals surface area contributed by atoms with Crippen molar-refractivity contribution in [2.75, 3.05) is 0 Å². The van der Waals surface area contributed by atoms with Crippen molar-refractivity contribution in [3.63, 3.8) is 0 Å². The van der Waals surface area contributed by atoms with Crippen LogP contribution in [0.4, 0.5) is 0 Å². The molecule has 1 N–H and O–H groups in total. The molecule has 0 saturated heterocycles. The molecule has 0 heterocycles. The Morgan fingerprint density at radius 3 is 1.02 bits per heavy atom. The normalized spacial score (nSPS) is 10.8. The Kier molecular flexibility index (Phi) is 47.4. The van der Waals surface area contributed by atoms with E-state index in [1.807, 2.05) is 0 Å². The number of hydrogen-bond donors (Lipinski definition) is 1. The molecule has 41 heavy (non-hydrogen) atoms. The number of hydrogen-bond acceptors (Lipinski definition) is 3. The van der Waals surface area contributed by atoms with E-state index in [1.165, 1.54) is 148 Å². The van der Waals surface area contributed by atoms with Gasteiger partial charge in [0.2, 0.25) is 0 Å². The molecule has 0 aromatic carbocycles. The molecule has 0 radical (unpaired) electrons. The van der Waals surface area contributed by atoms with E-state index in [1.54, 1.807) is 0 Å². The quantitative estimate of drug-likeness (QED) is 0.0493. The molecule has 0 unspecified atom stereocenters. The maximum Gasteiger partial charge on any atom is 1.00 e. The number of carbonyl (C=O) groups excluding carboxylic acids is 1. The molecular weight excluding hydrogens is 535 g/mol. The van der Waals surface area contributed by atoms with E-state index in [9.17, 15) is 14.7 Å². The van der Waals surface area contributed by atoms with Gasteiger partial charge in [-0.3, -0.25) is 4.79 Å². The second kappa shape index (κ2) is 42.4. The Hall–Kier alpha value is 0.316. The third-order valence-electron chi connectivity index (χ3n) is 7.64. The van der Waals surface area contributed by atoms with Crippen LogP contribution in [-0.4, -0.2) is 17.0 Å². The van der Waals surface area contributed by atoms with Crippen LogP contribution in [0.3, 0.4) is 0 Å². The molecule has 0 aromatic heterocycles. The predicted octanol–water partition coefficient (Wildman–Crippen LogP) is 8.11. The molecule has 0 fully saturated rings.